The van der Waals surface area contributed by atoms with Gasteiger partial charge in [-0.25, -0.2) is 13.1 Å². The van der Waals surface area contributed by atoms with E-state index in [9.17, 15) is 22.8 Å². The molecular formula is C25H38N4O5S. The predicted octanol–water partition coefficient (Wildman–Crippen LogP) is 1.64. The van der Waals surface area contributed by atoms with Crippen LogP contribution in [0.1, 0.15) is 70.5 Å². The van der Waals surface area contributed by atoms with Gasteiger partial charge in [0.15, 0.2) is 0 Å². The van der Waals surface area contributed by atoms with Gasteiger partial charge in [0, 0.05) is 6.54 Å². The second-order valence-corrected chi connectivity index (χ2v) is 12.5. The fourth-order valence-corrected chi connectivity index (χ4v) is 5.68. The Morgan fingerprint density at radius 1 is 1.09 bits per heavy atom. The monoisotopic (exact) mass is 506 g/mol. The van der Waals surface area contributed by atoms with E-state index in [2.05, 4.69) is 21.4 Å². The number of amides is 3. The van der Waals surface area contributed by atoms with E-state index >= 15 is 0 Å². The topological polar surface area (TPSA) is 125 Å². The summed E-state index contributed by atoms with van der Waals surface area (Å²) >= 11 is 0. The molecule has 0 radical (unpaired) electrons. The van der Waals surface area contributed by atoms with Gasteiger partial charge in [0.25, 0.3) is 0 Å². The van der Waals surface area contributed by atoms with Crippen LogP contribution in [0.15, 0.2) is 24.3 Å². The summed E-state index contributed by atoms with van der Waals surface area (Å²) in [5.74, 6) is -1.11. The Labute approximate surface area is 208 Å². The quantitative estimate of drug-likeness (QED) is 0.519. The lowest BCUT2D eigenvalue weighted by molar-refractivity contribution is -0.144. The molecule has 9 nitrogen and oxygen atoms in total. The van der Waals surface area contributed by atoms with Crippen LogP contribution in [0.25, 0.3) is 0 Å². The van der Waals surface area contributed by atoms with Crippen molar-refractivity contribution in [3.05, 3.63) is 35.4 Å². The Balaban J connectivity index is 1.73. The normalized spacial score (nSPS) is 22.1. The highest BCUT2D eigenvalue weighted by Gasteiger charge is 2.42. The molecule has 0 aromatic heterocycles. The number of aryl methyl sites for hydroxylation is 1. The zero-order valence-electron chi connectivity index (χ0n) is 21.3. The first-order chi connectivity index (χ1) is 16.3. The van der Waals surface area contributed by atoms with Crippen LogP contribution in [0.3, 0.4) is 0 Å². The first-order valence-electron chi connectivity index (χ1n) is 12.2. The zero-order chi connectivity index (χ0) is 26.0. The van der Waals surface area contributed by atoms with Crippen molar-refractivity contribution in [3.8, 4) is 0 Å². The van der Waals surface area contributed by atoms with Crippen molar-refractivity contribution in [1.29, 1.82) is 0 Å². The number of likely N-dealkylation sites (tertiary alicyclic amines) is 1. The molecule has 1 aliphatic carbocycles. The fourth-order valence-electron chi connectivity index (χ4n) is 4.93. The number of rotatable bonds is 7. The summed E-state index contributed by atoms with van der Waals surface area (Å²) in [6.45, 7) is 7.34. The Kier molecular flexibility index (Phi) is 8.26. The molecule has 0 spiro atoms. The molecular weight excluding hydrogens is 468 g/mol. The van der Waals surface area contributed by atoms with Gasteiger partial charge in [-0.1, -0.05) is 45.0 Å². The number of hydrogen-bond acceptors (Lipinski definition) is 5. The van der Waals surface area contributed by atoms with E-state index in [-0.39, 0.29) is 17.9 Å². The molecule has 1 aromatic carbocycles. The minimum Gasteiger partial charge on any atom is -0.347 e. The highest BCUT2D eigenvalue weighted by atomic mass is 32.2. The van der Waals surface area contributed by atoms with Gasteiger partial charge in [0.1, 0.15) is 12.1 Å². The van der Waals surface area contributed by atoms with E-state index < -0.39 is 39.5 Å². The molecule has 3 N–H and O–H groups in total. The number of carbonyl (C=O) groups is 3. The second-order valence-electron chi connectivity index (χ2n) is 10.8. The van der Waals surface area contributed by atoms with Gasteiger partial charge in [-0.05, 0) is 55.6 Å². The van der Waals surface area contributed by atoms with Crippen LogP contribution in [0.5, 0.6) is 0 Å². The summed E-state index contributed by atoms with van der Waals surface area (Å²) in [4.78, 5) is 41.2. The van der Waals surface area contributed by atoms with E-state index in [1.165, 1.54) is 12.5 Å². The summed E-state index contributed by atoms with van der Waals surface area (Å²) in [7, 11) is -3.59. The number of fused-ring (bicyclic) bond motifs is 1. The molecule has 10 heteroatoms. The first kappa shape index (κ1) is 27.1. The maximum absolute atomic E-state index is 13.6. The van der Waals surface area contributed by atoms with Crippen molar-refractivity contribution in [2.45, 2.75) is 84.0 Å². The second kappa shape index (κ2) is 10.7. The molecule has 1 saturated heterocycles. The minimum absolute atomic E-state index is 0.0777. The summed E-state index contributed by atoms with van der Waals surface area (Å²) in [6.07, 6.45) is 5.07. The van der Waals surface area contributed by atoms with Gasteiger partial charge in [-0.15, -0.1) is 0 Å². The average molecular weight is 507 g/mol. The van der Waals surface area contributed by atoms with Crippen LogP contribution in [0.4, 0.5) is 0 Å². The van der Waals surface area contributed by atoms with Crippen LogP contribution in [0.2, 0.25) is 0 Å². The molecule has 1 fully saturated rings. The summed E-state index contributed by atoms with van der Waals surface area (Å²) in [6, 6.07) is 5.49. The smallest absolute Gasteiger partial charge is 0.246 e. The van der Waals surface area contributed by atoms with Gasteiger partial charge in [-0.3, -0.25) is 14.4 Å². The molecule has 4 atom stereocenters. The molecule has 0 bridgehead atoms. The van der Waals surface area contributed by atoms with Crippen LogP contribution >= 0.6 is 0 Å². The Morgan fingerprint density at radius 3 is 2.43 bits per heavy atom. The molecule has 3 amide bonds. The van der Waals surface area contributed by atoms with E-state index in [1.54, 1.807) is 4.90 Å². The SMILES string of the molecule is C[C@H](NS(C)(=O)=O)C(=O)N[C@H](C(=O)N1CCC[C@H]1C(=O)N[C@@H]1CCCc2ccccc21)C(C)(C)C. The summed E-state index contributed by atoms with van der Waals surface area (Å²) in [5, 5.41) is 5.89. The van der Waals surface area contributed by atoms with Crippen molar-refractivity contribution in [2.24, 2.45) is 5.41 Å². The number of hydrogen-bond donors (Lipinski definition) is 3. The van der Waals surface area contributed by atoms with Crippen LogP contribution in [-0.2, 0) is 30.8 Å². The number of sulfonamides is 1. The Hall–Kier alpha value is -2.46. The van der Waals surface area contributed by atoms with Crippen molar-refractivity contribution in [3.63, 3.8) is 0 Å². The Morgan fingerprint density at radius 2 is 1.77 bits per heavy atom. The van der Waals surface area contributed by atoms with Gasteiger partial charge >= 0.3 is 0 Å². The molecule has 0 saturated carbocycles. The first-order valence-corrected chi connectivity index (χ1v) is 14.1. The van der Waals surface area contributed by atoms with Crippen LogP contribution < -0.4 is 15.4 Å². The third-order valence-corrected chi connectivity index (χ3v) is 7.49. The lowest BCUT2D eigenvalue weighted by atomic mass is 9.85. The molecule has 2 aliphatic rings. The van der Waals surface area contributed by atoms with Crippen molar-refractivity contribution in [1.82, 2.24) is 20.3 Å². The third kappa shape index (κ3) is 6.82. The molecule has 1 aromatic rings. The average Bonchev–Trinajstić information content (AvgIpc) is 3.25. The van der Waals surface area contributed by atoms with E-state index in [1.807, 2.05) is 39.0 Å². The highest BCUT2D eigenvalue weighted by molar-refractivity contribution is 7.88. The van der Waals surface area contributed by atoms with E-state index in [0.29, 0.717) is 19.4 Å². The molecule has 194 valence electrons. The minimum atomic E-state index is -3.59. The van der Waals surface area contributed by atoms with Crippen LogP contribution in [0, 0.1) is 5.41 Å². The number of benzene rings is 1. The lowest BCUT2D eigenvalue weighted by Gasteiger charge is -2.36. The zero-order valence-corrected chi connectivity index (χ0v) is 22.1. The van der Waals surface area contributed by atoms with Crippen LogP contribution in [-0.4, -0.2) is 62.0 Å². The van der Waals surface area contributed by atoms with Gasteiger partial charge in [0.05, 0.1) is 18.3 Å². The van der Waals surface area contributed by atoms with Gasteiger partial charge in [0.2, 0.25) is 27.7 Å². The molecule has 0 unspecified atom stereocenters. The Bertz CT molecular complexity index is 1070. The number of carbonyl (C=O) groups excluding carboxylic acids is 3. The largest absolute Gasteiger partial charge is 0.347 e. The van der Waals surface area contributed by atoms with Crippen molar-refractivity contribution in [2.75, 3.05) is 12.8 Å². The van der Waals surface area contributed by atoms with Gasteiger partial charge < -0.3 is 15.5 Å². The van der Waals surface area contributed by atoms with Crippen molar-refractivity contribution < 1.29 is 22.8 Å². The number of nitrogens with zero attached hydrogens (tertiary/aromatic N) is 1. The fraction of sp³-hybridized carbons (Fsp3) is 0.640. The maximum Gasteiger partial charge on any atom is 0.246 e. The van der Waals surface area contributed by atoms with E-state index in [4.69, 9.17) is 0 Å². The maximum atomic E-state index is 13.6. The molecule has 1 heterocycles. The third-order valence-electron chi connectivity index (χ3n) is 6.71. The lowest BCUT2D eigenvalue weighted by Crippen LogP contribution is -2.60. The van der Waals surface area contributed by atoms with E-state index in [0.717, 1.165) is 31.1 Å². The van der Waals surface area contributed by atoms with Crippen molar-refractivity contribution >= 4 is 27.7 Å². The molecule has 3 rings (SSSR count). The predicted molar refractivity (Wildman–Crippen MR) is 134 cm³/mol. The summed E-state index contributed by atoms with van der Waals surface area (Å²) in [5.41, 5.74) is 1.73. The molecule has 35 heavy (non-hydrogen) atoms. The molecule has 1 aliphatic heterocycles. The standard InChI is InChI=1S/C25H38N4O5S/c1-16(28-35(5,33)34)22(30)27-21(25(2,3)4)24(32)29-15-9-14-20(29)23(31)26-19-13-8-11-17-10-6-7-12-18(17)19/h6-7,10,12,16,19-21,28H,8-9,11,13-15H2,1-5H3,(H,26,31)(H,27,30)/t16-,19+,20-,21+/m0/s1. The van der Waals surface area contributed by atoms with Gasteiger partial charge in [-0.2, -0.15) is 0 Å². The number of nitrogens with one attached hydrogen (secondary N) is 3. The summed E-state index contributed by atoms with van der Waals surface area (Å²) < 4.78 is 25.3. The highest BCUT2D eigenvalue weighted by Crippen LogP contribution is 2.31.